The molecule has 6 nitrogen and oxygen atoms in total. The number of ether oxygens (including phenoxy) is 2. The number of hydrogen-bond donors (Lipinski definition) is 4. The van der Waals surface area contributed by atoms with Crippen LogP contribution in [0.3, 0.4) is 0 Å². The van der Waals surface area contributed by atoms with Crippen molar-refractivity contribution < 1.29 is 14.6 Å². The molecular formula is C30H33Cl2N3O3. The Morgan fingerprint density at radius 3 is 2.39 bits per heavy atom. The van der Waals surface area contributed by atoms with Crippen molar-refractivity contribution in [3.63, 3.8) is 0 Å². The number of aromatic amines is 1. The van der Waals surface area contributed by atoms with E-state index >= 15 is 0 Å². The van der Waals surface area contributed by atoms with Crippen LogP contribution >= 0.6 is 24.8 Å². The molecule has 0 spiro atoms. The minimum absolute atomic E-state index is 0. The van der Waals surface area contributed by atoms with Crippen molar-refractivity contribution >= 4 is 52.3 Å². The molecule has 0 aliphatic carbocycles. The van der Waals surface area contributed by atoms with Crippen molar-refractivity contribution in [1.29, 1.82) is 0 Å². The summed E-state index contributed by atoms with van der Waals surface area (Å²) in [6.45, 7) is 2.05. The maximum absolute atomic E-state index is 10.7. The molecule has 0 aliphatic heterocycles. The van der Waals surface area contributed by atoms with Gasteiger partial charge in [-0.25, -0.2) is 0 Å². The lowest BCUT2D eigenvalue weighted by molar-refractivity contribution is 0.172. The van der Waals surface area contributed by atoms with Crippen LogP contribution in [-0.2, 0) is 6.61 Å². The van der Waals surface area contributed by atoms with E-state index in [4.69, 9.17) is 9.47 Å². The first-order valence-corrected chi connectivity index (χ1v) is 12.2. The SMILES string of the molecule is CNc1cc(C(O)CNCCOc2ccc3c(c2)[nH]c2ccccc23)ccc1OCc1ccccc1.Cl.Cl. The molecule has 4 N–H and O–H groups in total. The standard InChI is InChI=1S/C30H31N3O3.2ClH/c1-31-28-17-22(11-14-30(28)36-20-21-7-3-2-4-8-21)29(34)19-32-15-16-35-23-12-13-25-24-9-5-6-10-26(24)33-27(25)18-23;;/h2-14,17-18,29,31-34H,15-16,19-20H2,1H3;2*1H. The molecular weight excluding hydrogens is 521 g/mol. The Morgan fingerprint density at radius 2 is 1.58 bits per heavy atom. The van der Waals surface area contributed by atoms with Gasteiger partial charge in [-0.3, -0.25) is 0 Å². The first-order valence-electron chi connectivity index (χ1n) is 12.2. The summed E-state index contributed by atoms with van der Waals surface area (Å²) >= 11 is 0. The smallest absolute Gasteiger partial charge is 0.142 e. The molecule has 5 aromatic rings. The van der Waals surface area contributed by atoms with Gasteiger partial charge in [0.25, 0.3) is 0 Å². The van der Waals surface area contributed by atoms with Crippen LogP contribution in [0.4, 0.5) is 5.69 Å². The van der Waals surface area contributed by atoms with Crippen LogP contribution in [-0.4, -0.2) is 36.8 Å². The zero-order chi connectivity index (χ0) is 24.7. The lowest BCUT2D eigenvalue weighted by atomic mass is 10.1. The summed E-state index contributed by atoms with van der Waals surface area (Å²) in [5, 5.41) is 19.5. The van der Waals surface area contributed by atoms with E-state index in [1.54, 1.807) is 0 Å². The molecule has 38 heavy (non-hydrogen) atoms. The van der Waals surface area contributed by atoms with Crippen LogP contribution in [0.1, 0.15) is 17.2 Å². The van der Waals surface area contributed by atoms with Crippen molar-refractivity contribution in [2.24, 2.45) is 0 Å². The molecule has 1 unspecified atom stereocenters. The fourth-order valence-corrected chi connectivity index (χ4v) is 4.33. The van der Waals surface area contributed by atoms with Crippen LogP contribution in [0, 0.1) is 0 Å². The van der Waals surface area contributed by atoms with Crippen LogP contribution in [0.5, 0.6) is 11.5 Å². The molecule has 1 atom stereocenters. The number of fused-ring (bicyclic) bond motifs is 3. The third-order valence-electron chi connectivity index (χ3n) is 6.26. The first kappa shape index (κ1) is 29.1. The van der Waals surface area contributed by atoms with E-state index in [-0.39, 0.29) is 24.8 Å². The minimum Gasteiger partial charge on any atom is -0.492 e. The van der Waals surface area contributed by atoms with E-state index in [0.29, 0.717) is 26.3 Å². The number of para-hydroxylation sites is 1. The molecule has 1 aromatic heterocycles. The fourth-order valence-electron chi connectivity index (χ4n) is 4.33. The van der Waals surface area contributed by atoms with Crippen LogP contribution in [0.2, 0.25) is 0 Å². The van der Waals surface area contributed by atoms with E-state index in [9.17, 15) is 5.11 Å². The molecule has 5 rings (SSSR count). The predicted octanol–water partition coefficient (Wildman–Crippen LogP) is 6.49. The number of rotatable bonds is 11. The van der Waals surface area contributed by atoms with Crippen LogP contribution in [0.25, 0.3) is 21.8 Å². The van der Waals surface area contributed by atoms with Gasteiger partial charge in [0.15, 0.2) is 0 Å². The Bertz CT molecular complexity index is 1440. The van der Waals surface area contributed by atoms with E-state index in [0.717, 1.165) is 39.3 Å². The first-order chi connectivity index (χ1) is 17.7. The summed E-state index contributed by atoms with van der Waals surface area (Å²) in [5.41, 5.74) is 4.96. The second-order valence-electron chi connectivity index (χ2n) is 8.73. The highest BCUT2D eigenvalue weighted by atomic mass is 35.5. The fraction of sp³-hybridized carbons (Fsp3) is 0.200. The van der Waals surface area contributed by atoms with Gasteiger partial charge in [-0.15, -0.1) is 24.8 Å². The third-order valence-corrected chi connectivity index (χ3v) is 6.26. The van der Waals surface area contributed by atoms with Gasteiger partial charge in [0.1, 0.15) is 24.7 Å². The predicted molar refractivity (Wildman–Crippen MR) is 160 cm³/mol. The maximum Gasteiger partial charge on any atom is 0.142 e. The largest absolute Gasteiger partial charge is 0.492 e. The Morgan fingerprint density at radius 1 is 0.816 bits per heavy atom. The average molecular weight is 555 g/mol. The van der Waals surface area contributed by atoms with Crippen molar-refractivity contribution in [2.75, 3.05) is 32.1 Å². The van der Waals surface area contributed by atoms with Gasteiger partial charge in [0.05, 0.1) is 17.3 Å². The molecule has 0 saturated carbocycles. The summed E-state index contributed by atoms with van der Waals surface area (Å²) in [6, 6.07) is 30.2. The zero-order valence-corrected chi connectivity index (χ0v) is 22.8. The van der Waals surface area contributed by atoms with Gasteiger partial charge < -0.3 is 30.2 Å². The Hall–Kier alpha value is -3.42. The number of nitrogens with one attached hydrogen (secondary N) is 3. The summed E-state index contributed by atoms with van der Waals surface area (Å²) < 4.78 is 11.9. The van der Waals surface area contributed by atoms with E-state index < -0.39 is 6.10 Å². The van der Waals surface area contributed by atoms with Gasteiger partial charge in [-0.1, -0.05) is 54.6 Å². The molecule has 0 bridgehead atoms. The Kier molecular flexibility index (Phi) is 10.7. The van der Waals surface area contributed by atoms with Crippen LogP contribution < -0.4 is 20.1 Å². The van der Waals surface area contributed by atoms with Gasteiger partial charge in [-0.05, 0) is 41.5 Å². The zero-order valence-electron chi connectivity index (χ0n) is 21.1. The minimum atomic E-state index is -0.636. The number of H-pyrrole nitrogens is 1. The highest BCUT2D eigenvalue weighted by molar-refractivity contribution is 6.07. The molecule has 4 aromatic carbocycles. The highest BCUT2D eigenvalue weighted by Gasteiger charge is 2.11. The summed E-state index contributed by atoms with van der Waals surface area (Å²) in [4.78, 5) is 3.44. The van der Waals surface area contributed by atoms with Crippen LogP contribution in [0.15, 0.2) is 91.0 Å². The maximum atomic E-state index is 10.7. The molecule has 0 fully saturated rings. The van der Waals surface area contributed by atoms with Gasteiger partial charge >= 0.3 is 0 Å². The lowest BCUT2D eigenvalue weighted by Crippen LogP contribution is -2.26. The van der Waals surface area contributed by atoms with E-state index in [2.05, 4.69) is 33.8 Å². The second-order valence-corrected chi connectivity index (χ2v) is 8.73. The van der Waals surface area contributed by atoms with Crippen molar-refractivity contribution in [1.82, 2.24) is 10.3 Å². The number of anilines is 1. The summed E-state index contributed by atoms with van der Waals surface area (Å²) in [6.07, 6.45) is -0.636. The number of hydrogen-bond acceptors (Lipinski definition) is 5. The monoisotopic (exact) mass is 553 g/mol. The Labute approximate surface area is 235 Å². The molecule has 200 valence electrons. The van der Waals surface area contributed by atoms with Gasteiger partial charge in [0, 0.05) is 42.5 Å². The number of benzene rings is 4. The van der Waals surface area contributed by atoms with Crippen molar-refractivity contribution in [3.8, 4) is 11.5 Å². The second kappa shape index (κ2) is 13.9. The molecule has 0 amide bonds. The third kappa shape index (κ3) is 6.91. The number of aliphatic hydroxyl groups is 1. The normalized spacial score (nSPS) is 11.4. The average Bonchev–Trinajstić information content (AvgIpc) is 3.30. The summed E-state index contributed by atoms with van der Waals surface area (Å²) in [5.74, 6) is 1.58. The molecule has 8 heteroatoms. The Balaban J connectivity index is 0.00000200. The van der Waals surface area contributed by atoms with Crippen molar-refractivity contribution in [2.45, 2.75) is 12.7 Å². The number of halogens is 2. The number of aromatic nitrogens is 1. The van der Waals surface area contributed by atoms with E-state index in [1.807, 2.05) is 79.8 Å². The molecule has 0 aliphatic rings. The molecule has 0 radical (unpaired) electrons. The number of aliphatic hydroxyl groups excluding tert-OH is 1. The van der Waals surface area contributed by atoms with Gasteiger partial charge in [-0.2, -0.15) is 0 Å². The molecule has 0 saturated heterocycles. The van der Waals surface area contributed by atoms with Crippen molar-refractivity contribution in [3.05, 3.63) is 102 Å². The van der Waals surface area contributed by atoms with E-state index in [1.165, 1.54) is 10.8 Å². The highest BCUT2D eigenvalue weighted by Crippen LogP contribution is 2.29. The topological polar surface area (TPSA) is 78.5 Å². The lowest BCUT2D eigenvalue weighted by Gasteiger charge is -2.16. The quantitative estimate of drug-likeness (QED) is 0.141. The summed E-state index contributed by atoms with van der Waals surface area (Å²) in [7, 11) is 1.85. The molecule has 1 heterocycles. The van der Waals surface area contributed by atoms with Gasteiger partial charge in [0.2, 0.25) is 0 Å².